The van der Waals surface area contributed by atoms with E-state index in [1.165, 1.54) is 29.2 Å². The Hall–Kier alpha value is -2.72. The third-order valence-electron chi connectivity index (χ3n) is 7.94. The van der Waals surface area contributed by atoms with Crippen molar-refractivity contribution in [3.8, 4) is 0 Å². The van der Waals surface area contributed by atoms with E-state index in [0.29, 0.717) is 24.8 Å². The zero-order valence-electron chi connectivity index (χ0n) is 22.1. The topological polar surface area (TPSA) is 105 Å². The smallest absolute Gasteiger partial charge is 0.251 e. The van der Waals surface area contributed by atoms with Gasteiger partial charge in [-0.2, -0.15) is 0 Å². The number of hydrogen-bond acceptors (Lipinski definition) is 6. The first-order chi connectivity index (χ1) is 18.1. The number of amides is 2. The Balaban J connectivity index is 1.26. The summed E-state index contributed by atoms with van der Waals surface area (Å²) in [5.74, 6) is 0.180. The number of unbranched alkanes of at least 4 members (excludes halogenated alkanes) is 1. The average molecular weight is 548 g/mol. The van der Waals surface area contributed by atoms with Crippen molar-refractivity contribution in [2.75, 3.05) is 38.2 Å². The molecule has 1 heterocycles. The van der Waals surface area contributed by atoms with E-state index in [0.717, 1.165) is 31.6 Å². The Kier molecular flexibility index (Phi) is 8.92. The largest absolute Gasteiger partial charge is 0.497 e. The predicted octanol–water partition coefficient (Wildman–Crippen LogP) is 2.83. The number of nitrogens with one attached hydrogen (secondary N) is 2. The summed E-state index contributed by atoms with van der Waals surface area (Å²) in [5.41, 5.74) is 0.397. The molecule has 0 radical (unpaired) electrons. The number of benzene rings is 1. The zero-order chi connectivity index (χ0) is 27.3. The maximum atomic E-state index is 13.3. The molecule has 2 N–H and O–H groups in total. The summed E-state index contributed by atoms with van der Waals surface area (Å²) in [6, 6.07) is 4.86. The van der Waals surface area contributed by atoms with Gasteiger partial charge in [0, 0.05) is 24.7 Å². The molecule has 0 bridgehead atoms. The molecule has 4 rings (SSSR count). The van der Waals surface area contributed by atoms with Crippen LogP contribution in [0, 0.1) is 17.2 Å². The minimum absolute atomic E-state index is 0.0689. The third kappa shape index (κ3) is 7.22. The molecule has 0 spiro atoms. The minimum Gasteiger partial charge on any atom is -0.497 e. The van der Waals surface area contributed by atoms with E-state index < -0.39 is 27.6 Å². The summed E-state index contributed by atoms with van der Waals surface area (Å²) in [6.07, 6.45) is 10.5. The van der Waals surface area contributed by atoms with Crippen molar-refractivity contribution in [2.24, 2.45) is 11.3 Å². The Morgan fingerprint density at radius 2 is 1.89 bits per heavy atom. The quantitative estimate of drug-likeness (QED) is 0.413. The number of rotatable bonds is 11. The normalized spacial score (nSPS) is 26.8. The molecular formula is C28H38FN3O5S. The second-order valence-electron chi connectivity index (χ2n) is 10.8. The molecule has 1 saturated carbocycles. The van der Waals surface area contributed by atoms with Crippen molar-refractivity contribution in [1.29, 1.82) is 0 Å². The van der Waals surface area contributed by atoms with Crippen LogP contribution in [0.15, 0.2) is 48.3 Å². The van der Waals surface area contributed by atoms with E-state index in [4.69, 9.17) is 4.74 Å². The van der Waals surface area contributed by atoms with Crippen molar-refractivity contribution in [1.82, 2.24) is 15.5 Å². The molecule has 4 atom stereocenters. The van der Waals surface area contributed by atoms with Gasteiger partial charge >= 0.3 is 0 Å². The van der Waals surface area contributed by atoms with Crippen molar-refractivity contribution >= 4 is 21.7 Å². The number of hydrogen-bond donors (Lipinski definition) is 2. The van der Waals surface area contributed by atoms with E-state index in [1.807, 2.05) is 6.08 Å². The summed E-state index contributed by atoms with van der Waals surface area (Å²) in [6.45, 7) is 3.35. The molecule has 1 aromatic rings. The molecule has 8 nitrogen and oxygen atoms in total. The predicted molar refractivity (Wildman–Crippen MR) is 144 cm³/mol. The van der Waals surface area contributed by atoms with Crippen molar-refractivity contribution in [3.63, 3.8) is 0 Å². The maximum Gasteiger partial charge on any atom is 0.251 e. The van der Waals surface area contributed by atoms with Gasteiger partial charge in [0.25, 0.3) is 5.91 Å². The Labute approximate surface area is 224 Å². The maximum absolute atomic E-state index is 13.3. The number of ether oxygens (including phenoxy) is 1. The van der Waals surface area contributed by atoms with E-state index in [-0.39, 0.29) is 41.5 Å². The first kappa shape index (κ1) is 28.3. The second kappa shape index (κ2) is 12.0. The fourth-order valence-corrected chi connectivity index (χ4v) is 6.52. The van der Waals surface area contributed by atoms with Crippen LogP contribution in [0.2, 0.25) is 0 Å². The van der Waals surface area contributed by atoms with Gasteiger partial charge < -0.3 is 20.3 Å². The summed E-state index contributed by atoms with van der Waals surface area (Å²) in [7, 11) is -1.45. The molecule has 208 valence electrons. The molecule has 2 fully saturated rings. The fourth-order valence-electron chi connectivity index (χ4n) is 5.32. The molecule has 3 aliphatic rings. The van der Waals surface area contributed by atoms with Crippen LogP contribution in [0.5, 0.6) is 0 Å². The van der Waals surface area contributed by atoms with Gasteiger partial charge in [0.2, 0.25) is 5.91 Å². The van der Waals surface area contributed by atoms with E-state index >= 15 is 0 Å². The zero-order valence-corrected chi connectivity index (χ0v) is 22.9. The van der Waals surface area contributed by atoms with Crippen LogP contribution >= 0.6 is 0 Å². The van der Waals surface area contributed by atoms with Crippen LogP contribution in [0.25, 0.3) is 0 Å². The minimum atomic E-state index is -3.13. The monoisotopic (exact) mass is 547 g/mol. The number of nitrogens with zero attached hydrogens (tertiary/aromatic N) is 1. The van der Waals surface area contributed by atoms with Crippen molar-refractivity contribution in [3.05, 3.63) is 59.6 Å². The van der Waals surface area contributed by atoms with Gasteiger partial charge in [0.05, 0.1) is 18.6 Å². The Morgan fingerprint density at radius 3 is 2.53 bits per heavy atom. The standard InChI is InChI=1S/C28H38FN3O5S/c1-28(12-10-22(37-2)11-13-28)23-19-25(23)30-14-4-3-5-24(27(34)32-15-17-38(35,36)18-16-32)31-26(33)20-6-8-21(29)9-7-20/h6-12,23-25,30H,3-5,13-19H2,1-2H3,(H,31,33)/t23-,24+,25?,28?/m1/s1. The first-order valence-electron chi connectivity index (χ1n) is 13.3. The summed E-state index contributed by atoms with van der Waals surface area (Å²) >= 11 is 0. The molecular weight excluding hydrogens is 509 g/mol. The number of sulfone groups is 1. The van der Waals surface area contributed by atoms with E-state index in [9.17, 15) is 22.4 Å². The van der Waals surface area contributed by atoms with Gasteiger partial charge in [-0.05, 0) is 86.4 Å². The number of carbonyl (C=O) groups is 2. The van der Waals surface area contributed by atoms with Gasteiger partial charge in [0.15, 0.2) is 9.84 Å². The first-order valence-corrected chi connectivity index (χ1v) is 15.1. The van der Waals surface area contributed by atoms with Crippen LogP contribution in [0.1, 0.15) is 49.4 Å². The molecule has 1 saturated heterocycles. The summed E-state index contributed by atoms with van der Waals surface area (Å²) in [4.78, 5) is 27.5. The lowest BCUT2D eigenvalue weighted by Gasteiger charge is -2.30. The SMILES string of the molecule is COC1=CCC(C)([C@@H]2CC2NCCCC[C@H](NC(=O)c2ccc(F)cc2)C(=O)N2CCS(=O)(=O)CC2)C=C1. The van der Waals surface area contributed by atoms with Crippen LogP contribution in [0.3, 0.4) is 0 Å². The lowest BCUT2D eigenvalue weighted by atomic mass is 9.78. The summed E-state index contributed by atoms with van der Waals surface area (Å²) < 4.78 is 42.2. The number of methoxy groups -OCH3 is 1. The van der Waals surface area contributed by atoms with Crippen LogP contribution < -0.4 is 10.6 Å². The highest BCUT2D eigenvalue weighted by atomic mass is 32.2. The van der Waals surface area contributed by atoms with Gasteiger partial charge in [-0.3, -0.25) is 9.59 Å². The molecule has 2 amide bonds. The molecule has 1 aliphatic heterocycles. The number of halogens is 1. The molecule has 2 aliphatic carbocycles. The third-order valence-corrected chi connectivity index (χ3v) is 9.55. The van der Waals surface area contributed by atoms with Crippen molar-refractivity contribution < 1.29 is 27.1 Å². The van der Waals surface area contributed by atoms with Gasteiger partial charge in [0.1, 0.15) is 17.6 Å². The molecule has 1 aromatic carbocycles. The van der Waals surface area contributed by atoms with Crippen LogP contribution in [-0.2, 0) is 19.4 Å². The number of allylic oxidation sites excluding steroid dienone is 3. The van der Waals surface area contributed by atoms with E-state index in [1.54, 1.807) is 7.11 Å². The number of carbonyl (C=O) groups excluding carboxylic acids is 2. The highest BCUT2D eigenvalue weighted by Gasteiger charge is 2.48. The highest BCUT2D eigenvalue weighted by molar-refractivity contribution is 7.91. The Bertz CT molecular complexity index is 1170. The van der Waals surface area contributed by atoms with Gasteiger partial charge in [-0.1, -0.05) is 13.0 Å². The van der Waals surface area contributed by atoms with Gasteiger partial charge in [-0.25, -0.2) is 12.8 Å². The Morgan fingerprint density at radius 1 is 1.18 bits per heavy atom. The molecule has 0 aromatic heterocycles. The second-order valence-corrected chi connectivity index (χ2v) is 13.1. The van der Waals surface area contributed by atoms with Crippen LogP contribution in [0.4, 0.5) is 4.39 Å². The molecule has 10 heteroatoms. The summed E-state index contributed by atoms with van der Waals surface area (Å²) in [5, 5.41) is 6.43. The lowest BCUT2D eigenvalue weighted by molar-refractivity contribution is -0.133. The van der Waals surface area contributed by atoms with Gasteiger partial charge in [-0.15, -0.1) is 0 Å². The molecule has 2 unspecified atom stereocenters. The lowest BCUT2D eigenvalue weighted by Crippen LogP contribution is -2.52. The fraction of sp³-hybridized carbons (Fsp3) is 0.571. The van der Waals surface area contributed by atoms with Crippen molar-refractivity contribution in [2.45, 2.75) is 51.1 Å². The van der Waals surface area contributed by atoms with E-state index in [2.05, 4.69) is 29.7 Å². The average Bonchev–Trinajstić information content (AvgIpc) is 3.69. The van der Waals surface area contributed by atoms with Crippen LogP contribution in [-0.4, -0.2) is 75.5 Å². The molecule has 38 heavy (non-hydrogen) atoms. The highest BCUT2D eigenvalue weighted by Crippen LogP contribution is 2.50.